The summed E-state index contributed by atoms with van der Waals surface area (Å²) in [5.41, 5.74) is 0.657. The minimum absolute atomic E-state index is 0.0232. The Morgan fingerprint density at radius 3 is 2.49 bits per heavy atom. The number of furan rings is 1. The number of thiazole rings is 1. The third-order valence-electron chi connectivity index (χ3n) is 6.41. The van der Waals surface area contributed by atoms with Crippen molar-refractivity contribution in [2.45, 2.75) is 54.0 Å². The number of aromatic nitrogens is 1. The molecule has 2 aromatic heterocycles. The first-order valence-electron chi connectivity index (χ1n) is 13.5. The Morgan fingerprint density at radius 2 is 1.85 bits per heavy atom. The van der Waals surface area contributed by atoms with Crippen molar-refractivity contribution in [2.75, 3.05) is 24.7 Å². The number of carbonyl (C=O) groups is 3. The van der Waals surface area contributed by atoms with Gasteiger partial charge < -0.3 is 23.7 Å². The van der Waals surface area contributed by atoms with Crippen LogP contribution in [-0.2, 0) is 9.53 Å². The lowest BCUT2D eigenvalue weighted by Gasteiger charge is -2.25. The molecule has 0 saturated carbocycles. The summed E-state index contributed by atoms with van der Waals surface area (Å²) in [4.78, 5) is 45.7. The Morgan fingerprint density at radius 1 is 1.10 bits per heavy atom. The van der Waals surface area contributed by atoms with Gasteiger partial charge in [0.1, 0.15) is 10.6 Å². The van der Waals surface area contributed by atoms with Gasteiger partial charge in [0, 0.05) is 0 Å². The molecule has 11 heteroatoms. The molecule has 41 heavy (non-hydrogen) atoms. The molecule has 0 aliphatic carbocycles. The molecular formula is C30H34N2O8S. The van der Waals surface area contributed by atoms with Crippen LogP contribution in [0.1, 0.15) is 77.4 Å². The molecule has 1 N–H and O–H groups in total. The number of aliphatic hydroxyl groups excluding tert-OH is 1. The zero-order valence-electron chi connectivity index (χ0n) is 24.0. The Kier molecular flexibility index (Phi) is 9.17. The van der Waals surface area contributed by atoms with Crippen molar-refractivity contribution in [3.05, 3.63) is 69.3 Å². The van der Waals surface area contributed by atoms with Gasteiger partial charge in [0.15, 0.2) is 28.1 Å². The van der Waals surface area contributed by atoms with E-state index in [0.29, 0.717) is 47.6 Å². The van der Waals surface area contributed by atoms with Gasteiger partial charge in [-0.2, -0.15) is 0 Å². The van der Waals surface area contributed by atoms with E-state index in [4.69, 9.17) is 18.6 Å². The molecule has 1 atom stereocenters. The summed E-state index contributed by atoms with van der Waals surface area (Å²) in [7, 11) is 0. The van der Waals surface area contributed by atoms with Crippen LogP contribution < -0.4 is 14.4 Å². The third kappa shape index (κ3) is 6.14. The standard InChI is InChI=1S/C30H34N2O8S/c1-7-37-22-15-19(10-12-20(22)39-14-13-16(3)4)24-23(25(33)21-11-9-17(5)40-21)26(34)28(35)32(24)30-31-18(6)27(41-30)29(36)38-8-2/h9-12,15-16,24,34H,7-8,13-14H2,1-6H3. The topological polar surface area (TPSA) is 128 Å². The number of anilines is 1. The zero-order chi connectivity index (χ0) is 29.8. The maximum absolute atomic E-state index is 13.7. The van der Waals surface area contributed by atoms with Crippen molar-refractivity contribution >= 4 is 34.1 Å². The molecular weight excluding hydrogens is 548 g/mol. The molecule has 1 unspecified atom stereocenters. The van der Waals surface area contributed by atoms with Crippen LogP contribution in [0.5, 0.6) is 11.5 Å². The van der Waals surface area contributed by atoms with Gasteiger partial charge in [0.2, 0.25) is 5.78 Å². The third-order valence-corrected chi connectivity index (χ3v) is 7.54. The highest BCUT2D eigenvalue weighted by molar-refractivity contribution is 7.17. The first-order chi connectivity index (χ1) is 19.6. The molecule has 0 radical (unpaired) electrons. The molecule has 0 saturated heterocycles. The van der Waals surface area contributed by atoms with Crippen molar-refractivity contribution in [3.63, 3.8) is 0 Å². The summed E-state index contributed by atoms with van der Waals surface area (Å²) in [6.07, 6.45) is 0.849. The molecule has 3 aromatic rings. The Hall–Kier alpha value is -4.12. The highest BCUT2D eigenvalue weighted by atomic mass is 32.1. The van der Waals surface area contributed by atoms with Gasteiger partial charge in [0.25, 0.3) is 5.91 Å². The Balaban J connectivity index is 1.83. The summed E-state index contributed by atoms with van der Waals surface area (Å²) >= 11 is 0.945. The zero-order valence-corrected chi connectivity index (χ0v) is 24.8. The van der Waals surface area contributed by atoms with E-state index in [2.05, 4.69) is 18.8 Å². The molecule has 1 aliphatic rings. The molecule has 10 nitrogen and oxygen atoms in total. The smallest absolute Gasteiger partial charge is 0.350 e. The van der Waals surface area contributed by atoms with Gasteiger partial charge in [-0.3, -0.25) is 14.5 Å². The number of rotatable bonds is 12. The van der Waals surface area contributed by atoms with Gasteiger partial charge in [-0.1, -0.05) is 31.3 Å². The van der Waals surface area contributed by atoms with E-state index in [0.717, 1.165) is 17.8 Å². The number of benzene rings is 1. The van der Waals surface area contributed by atoms with Crippen molar-refractivity contribution < 1.29 is 38.1 Å². The number of Topliss-reactive ketones (excluding diaryl/α,β-unsaturated/α-hetero) is 1. The first-order valence-corrected chi connectivity index (χ1v) is 14.3. The average Bonchev–Trinajstić information content (AvgIpc) is 3.60. The lowest BCUT2D eigenvalue weighted by molar-refractivity contribution is -0.117. The van der Waals surface area contributed by atoms with Gasteiger partial charge >= 0.3 is 5.97 Å². The molecule has 0 spiro atoms. The van der Waals surface area contributed by atoms with E-state index in [9.17, 15) is 19.5 Å². The number of amides is 1. The monoisotopic (exact) mass is 582 g/mol. The SMILES string of the molecule is CCOC(=O)c1sc(N2C(=O)C(O)=C(C(=O)c3ccc(C)o3)C2c2ccc(OCCC(C)C)c(OCC)c2)nc1C. The number of carbonyl (C=O) groups excluding carboxylic acids is 3. The molecule has 1 amide bonds. The van der Waals surface area contributed by atoms with Crippen LogP contribution in [0.2, 0.25) is 0 Å². The maximum atomic E-state index is 13.7. The largest absolute Gasteiger partial charge is 0.503 e. The second-order valence-electron chi connectivity index (χ2n) is 9.88. The molecule has 0 fully saturated rings. The molecule has 1 aromatic carbocycles. The number of hydrogen-bond acceptors (Lipinski definition) is 10. The number of ether oxygens (including phenoxy) is 3. The minimum Gasteiger partial charge on any atom is -0.503 e. The van der Waals surface area contributed by atoms with Crippen LogP contribution in [0.25, 0.3) is 0 Å². The highest BCUT2D eigenvalue weighted by Crippen LogP contribution is 2.45. The summed E-state index contributed by atoms with van der Waals surface area (Å²) in [5, 5.41) is 11.2. The fourth-order valence-corrected chi connectivity index (χ4v) is 5.38. The Labute approximate surface area is 242 Å². The fraction of sp³-hybridized carbons (Fsp3) is 0.400. The number of ketones is 1. The quantitative estimate of drug-likeness (QED) is 0.198. The van der Waals surface area contributed by atoms with Gasteiger partial charge in [-0.15, -0.1) is 0 Å². The van der Waals surface area contributed by atoms with E-state index < -0.39 is 29.5 Å². The van der Waals surface area contributed by atoms with E-state index >= 15 is 0 Å². The summed E-state index contributed by atoms with van der Waals surface area (Å²) in [6, 6.07) is 7.14. The lowest BCUT2D eigenvalue weighted by atomic mass is 9.95. The van der Waals surface area contributed by atoms with Crippen molar-refractivity contribution in [2.24, 2.45) is 5.92 Å². The van der Waals surface area contributed by atoms with E-state index in [1.807, 2.05) is 6.92 Å². The normalized spacial score (nSPS) is 15.1. The van der Waals surface area contributed by atoms with E-state index in [-0.39, 0.29) is 27.9 Å². The maximum Gasteiger partial charge on any atom is 0.350 e. The molecule has 4 rings (SSSR count). The fourth-order valence-electron chi connectivity index (χ4n) is 4.40. The van der Waals surface area contributed by atoms with Crippen LogP contribution in [-0.4, -0.2) is 47.6 Å². The minimum atomic E-state index is -1.09. The van der Waals surface area contributed by atoms with Gasteiger partial charge in [0.05, 0.1) is 37.1 Å². The van der Waals surface area contributed by atoms with Crippen LogP contribution >= 0.6 is 11.3 Å². The average molecular weight is 583 g/mol. The molecule has 3 heterocycles. The van der Waals surface area contributed by atoms with Crippen LogP contribution in [0, 0.1) is 19.8 Å². The number of aliphatic hydroxyl groups is 1. The summed E-state index contributed by atoms with van der Waals surface area (Å²) < 4.78 is 22.5. The highest BCUT2D eigenvalue weighted by Gasteiger charge is 2.47. The van der Waals surface area contributed by atoms with Crippen LogP contribution in [0.3, 0.4) is 0 Å². The second kappa shape index (κ2) is 12.6. The first kappa shape index (κ1) is 29.9. The van der Waals surface area contributed by atoms with Gasteiger partial charge in [-0.25, -0.2) is 9.78 Å². The lowest BCUT2D eigenvalue weighted by Crippen LogP contribution is -2.31. The van der Waals surface area contributed by atoms with Crippen molar-refractivity contribution in [3.8, 4) is 11.5 Å². The van der Waals surface area contributed by atoms with Crippen molar-refractivity contribution in [1.29, 1.82) is 0 Å². The van der Waals surface area contributed by atoms with E-state index in [1.54, 1.807) is 45.0 Å². The summed E-state index contributed by atoms with van der Waals surface area (Å²) in [5.74, 6) is -0.900. The van der Waals surface area contributed by atoms with Crippen molar-refractivity contribution in [1.82, 2.24) is 4.98 Å². The van der Waals surface area contributed by atoms with Crippen LogP contribution in [0.15, 0.2) is 46.1 Å². The predicted molar refractivity (Wildman–Crippen MR) is 153 cm³/mol. The second-order valence-corrected chi connectivity index (χ2v) is 10.9. The molecule has 1 aliphatic heterocycles. The number of esters is 1. The predicted octanol–water partition coefficient (Wildman–Crippen LogP) is 6.14. The Bertz CT molecular complexity index is 1490. The summed E-state index contributed by atoms with van der Waals surface area (Å²) in [6.45, 7) is 12.1. The van der Waals surface area contributed by atoms with Gasteiger partial charge in [-0.05, 0) is 69.9 Å². The van der Waals surface area contributed by atoms with Crippen LogP contribution in [0.4, 0.5) is 5.13 Å². The van der Waals surface area contributed by atoms with E-state index in [1.165, 1.54) is 11.0 Å². The number of hydrogen-bond donors (Lipinski definition) is 1. The number of nitrogens with zero attached hydrogens (tertiary/aromatic N) is 2. The molecule has 0 bridgehead atoms. The molecule has 218 valence electrons. The number of aryl methyl sites for hydroxylation is 2.